The molecule has 0 spiro atoms. The van der Waals surface area contributed by atoms with Gasteiger partial charge < -0.3 is 5.32 Å². The van der Waals surface area contributed by atoms with Gasteiger partial charge in [-0.1, -0.05) is 19.9 Å². The van der Waals surface area contributed by atoms with Crippen LogP contribution in [0.3, 0.4) is 0 Å². The van der Waals surface area contributed by atoms with Crippen molar-refractivity contribution in [1.82, 2.24) is 20.1 Å². The van der Waals surface area contributed by atoms with Crippen LogP contribution in [-0.4, -0.2) is 21.3 Å². The van der Waals surface area contributed by atoms with Gasteiger partial charge in [-0.25, -0.2) is 0 Å². The van der Waals surface area contributed by atoms with Crippen LogP contribution in [0.5, 0.6) is 0 Å². The second-order valence-electron chi connectivity index (χ2n) is 5.29. The zero-order chi connectivity index (χ0) is 15.2. The molecule has 4 heteroatoms. The summed E-state index contributed by atoms with van der Waals surface area (Å²) in [6, 6.07) is 6.71. The van der Waals surface area contributed by atoms with Gasteiger partial charge >= 0.3 is 0 Å². The van der Waals surface area contributed by atoms with Crippen LogP contribution in [0.4, 0.5) is 0 Å². The topological polar surface area (TPSA) is 42.7 Å². The molecule has 0 aliphatic carbocycles. The Labute approximate surface area is 127 Å². The minimum atomic E-state index is 0.287. The van der Waals surface area contributed by atoms with Crippen LogP contribution in [0.15, 0.2) is 24.4 Å². The van der Waals surface area contributed by atoms with Gasteiger partial charge in [-0.05, 0) is 44.5 Å². The van der Waals surface area contributed by atoms with E-state index in [1.165, 1.54) is 17.0 Å². The Morgan fingerprint density at radius 3 is 2.71 bits per heavy atom. The molecule has 1 atom stereocenters. The minimum absolute atomic E-state index is 0.287. The molecule has 0 saturated heterocycles. The van der Waals surface area contributed by atoms with Gasteiger partial charge in [0.25, 0.3) is 0 Å². The van der Waals surface area contributed by atoms with Gasteiger partial charge in [-0.2, -0.15) is 5.10 Å². The van der Waals surface area contributed by atoms with E-state index in [1.807, 2.05) is 12.3 Å². The monoisotopic (exact) mass is 286 g/mol. The molecular formula is C17H26N4. The first-order chi connectivity index (χ1) is 10.2. The first kappa shape index (κ1) is 15.7. The Kier molecular flexibility index (Phi) is 5.51. The van der Waals surface area contributed by atoms with Crippen molar-refractivity contribution in [2.45, 2.75) is 53.1 Å². The molecule has 21 heavy (non-hydrogen) atoms. The Hall–Kier alpha value is -1.68. The first-order valence-electron chi connectivity index (χ1n) is 7.90. The van der Waals surface area contributed by atoms with Crippen molar-refractivity contribution >= 4 is 0 Å². The minimum Gasteiger partial charge on any atom is -0.310 e. The molecule has 2 rings (SSSR count). The van der Waals surface area contributed by atoms with Gasteiger partial charge in [0.2, 0.25) is 0 Å². The number of hydrogen-bond acceptors (Lipinski definition) is 3. The highest BCUT2D eigenvalue weighted by atomic mass is 15.3. The predicted octanol–water partition coefficient (Wildman–Crippen LogP) is 3.06. The number of nitrogens with zero attached hydrogens (tertiary/aromatic N) is 3. The van der Waals surface area contributed by atoms with Crippen LogP contribution in [0.1, 0.15) is 49.5 Å². The molecule has 4 nitrogen and oxygen atoms in total. The van der Waals surface area contributed by atoms with Crippen molar-refractivity contribution in [3.63, 3.8) is 0 Å². The highest BCUT2D eigenvalue weighted by Crippen LogP contribution is 2.21. The van der Waals surface area contributed by atoms with Crippen molar-refractivity contribution in [2.24, 2.45) is 0 Å². The summed E-state index contributed by atoms with van der Waals surface area (Å²) in [4.78, 5) is 4.43. The smallest absolute Gasteiger partial charge is 0.0624 e. The fourth-order valence-electron chi connectivity index (χ4n) is 2.74. The molecule has 0 aromatic carbocycles. The highest BCUT2D eigenvalue weighted by Gasteiger charge is 2.17. The third-order valence-electron chi connectivity index (χ3n) is 3.86. The Balaban J connectivity index is 2.28. The van der Waals surface area contributed by atoms with Gasteiger partial charge in [0.05, 0.1) is 5.69 Å². The third kappa shape index (κ3) is 3.70. The fraction of sp³-hybridized carbons (Fsp3) is 0.529. The number of hydrogen-bond donors (Lipinski definition) is 1. The molecule has 0 radical (unpaired) electrons. The Morgan fingerprint density at radius 1 is 1.29 bits per heavy atom. The second-order valence-corrected chi connectivity index (χ2v) is 5.29. The van der Waals surface area contributed by atoms with Crippen LogP contribution < -0.4 is 5.32 Å². The van der Waals surface area contributed by atoms with E-state index in [-0.39, 0.29) is 6.04 Å². The molecule has 0 aliphatic rings. The van der Waals surface area contributed by atoms with Crippen molar-refractivity contribution in [3.8, 4) is 0 Å². The summed E-state index contributed by atoms with van der Waals surface area (Å²) in [5.74, 6) is 0. The SMILES string of the molecule is CCNC(Cc1cc(CC)nn1CC)c1cccnc1C. The van der Waals surface area contributed by atoms with Gasteiger partial charge in [-0.15, -0.1) is 0 Å². The summed E-state index contributed by atoms with van der Waals surface area (Å²) in [6.45, 7) is 10.4. The molecule has 2 aromatic rings. The van der Waals surface area contributed by atoms with Crippen LogP contribution in [0, 0.1) is 6.92 Å². The van der Waals surface area contributed by atoms with Gasteiger partial charge in [0, 0.05) is 36.6 Å². The Morgan fingerprint density at radius 2 is 2.10 bits per heavy atom. The van der Waals surface area contributed by atoms with Crippen LogP contribution in [-0.2, 0) is 19.4 Å². The number of aromatic nitrogens is 3. The summed E-state index contributed by atoms with van der Waals surface area (Å²) in [7, 11) is 0. The molecular weight excluding hydrogens is 260 g/mol. The normalized spacial score (nSPS) is 12.6. The lowest BCUT2D eigenvalue weighted by Gasteiger charge is -2.20. The standard InChI is InChI=1S/C17H26N4/c1-5-14-11-15(21(7-3)20-14)12-17(18-6-2)16-9-8-10-19-13(16)4/h8-11,17-18H,5-7,12H2,1-4H3. The summed E-state index contributed by atoms with van der Waals surface area (Å²) in [5.41, 5.74) is 4.84. The van der Waals surface area contributed by atoms with Crippen molar-refractivity contribution < 1.29 is 0 Å². The van der Waals surface area contributed by atoms with Gasteiger partial charge in [-0.3, -0.25) is 9.67 Å². The molecule has 1 N–H and O–H groups in total. The Bertz CT molecular complexity index is 574. The molecule has 1 unspecified atom stereocenters. The first-order valence-corrected chi connectivity index (χ1v) is 7.90. The zero-order valence-corrected chi connectivity index (χ0v) is 13.6. The molecule has 2 aromatic heterocycles. The number of rotatable bonds is 7. The quantitative estimate of drug-likeness (QED) is 0.850. The van der Waals surface area contributed by atoms with E-state index in [9.17, 15) is 0 Å². The maximum Gasteiger partial charge on any atom is 0.0624 e. The number of aryl methyl sites for hydroxylation is 3. The number of nitrogens with one attached hydrogen (secondary N) is 1. The molecule has 0 bridgehead atoms. The van der Waals surface area contributed by atoms with Crippen molar-refractivity contribution in [3.05, 3.63) is 47.0 Å². The fourth-order valence-corrected chi connectivity index (χ4v) is 2.74. The van der Waals surface area contributed by atoms with E-state index in [2.05, 4.69) is 59.9 Å². The number of likely N-dealkylation sites (N-methyl/N-ethyl adjacent to an activating group) is 1. The van der Waals surface area contributed by atoms with Gasteiger partial charge in [0.15, 0.2) is 0 Å². The molecule has 114 valence electrons. The lowest BCUT2D eigenvalue weighted by Crippen LogP contribution is -2.25. The molecule has 0 aliphatic heterocycles. The zero-order valence-electron chi connectivity index (χ0n) is 13.6. The summed E-state index contributed by atoms with van der Waals surface area (Å²) in [5, 5.41) is 8.24. The maximum absolute atomic E-state index is 4.65. The summed E-state index contributed by atoms with van der Waals surface area (Å²) < 4.78 is 2.12. The average molecular weight is 286 g/mol. The maximum atomic E-state index is 4.65. The largest absolute Gasteiger partial charge is 0.310 e. The predicted molar refractivity (Wildman–Crippen MR) is 86.4 cm³/mol. The molecule has 0 saturated carbocycles. The molecule has 0 amide bonds. The second kappa shape index (κ2) is 7.36. The summed E-state index contributed by atoms with van der Waals surface area (Å²) in [6.07, 6.45) is 3.78. The molecule has 2 heterocycles. The third-order valence-corrected chi connectivity index (χ3v) is 3.86. The number of pyridine rings is 1. The van der Waals surface area contributed by atoms with Crippen molar-refractivity contribution in [2.75, 3.05) is 6.54 Å². The van der Waals surface area contributed by atoms with E-state index in [0.717, 1.165) is 31.6 Å². The molecule has 0 fully saturated rings. The van der Waals surface area contributed by atoms with E-state index >= 15 is 0 Å². The van der Waals surface area contributed by atoms with Crippen molar-refractivity contribution in [1.29, 1.82) is 0 Å². The lowest BCUT2D eigenvalue weighted by molar-refractivity contribution is 0.512. The van der Waals surface area contributed by atoms with Crippen LogP contribution in [0.2, 0.25) is 0 Å². The van der Waals surface area contributed by atoms with E-state index in [1.54, 1.807) is 0 Å². The van der Waals surface area contributed by atoms with E-state index < -0.39 is 0 Å². The van der Waals surface area contributed by atoms with E-state index in [4.69, 9.17) is 0 Å². The lowest BCUT2D eigenvalue weighted by atomic mass is 10.0. The highest BCUT2D eigenvalue weighted by molar-refractivity contribution is 5.25. The van der Waals surface area contributed by atoms with Crippen LogP contribution >= 0.6 is 0 Å². The summed E-state index contributed by atoms with van der Waals surface area (Å²) >= 11 is 0. The van der Waals surface area contributed by atoms with Gasteiger partial charge in [0.1, 0.15) is 0 Å². The average Bonchev–Trinajstić information content (AvgIpc) is 2.89. The van der Waals surface area contributed by atoms with Crippen LogP contribution in [0.25, 0.3) is 0 Å². The van der Waals surface area contributed by atoms with E-state index in [0.29, 0.717) is 0 Å².